The molecular weight excluding hydrogens is 152 g/mol. The highest BCUT2D eigenvalue weighted by atomic mass is 16.3. The Kier molecular flexibility index (Phi) is 1.59. The van der Waals surface area contributed by atoms with Gasteiger partial charge in [-0.3, -0.25) is 0 Å². The van der Waals surface area contributed by atoms with Crippen LogP contribution in [-0.4, -0.2) is 22.4 Å². The van der Waals surface area contributed by atoms with Crippen molar-refractivity contribution in [2.75, 3.05) is 6.61 Å². The van der Waals surface area contributed by atoms with E-state index >= 15 is 0 Å². The van der Waals surface area contributed by atoms with E-state index in [1.807, 2.05) is 0 Å². The molecule has 0 aromatic heterocycles. The van der Waals surface area contributed by atoms with Crippen LogP contribution in [0, 0.1) is 17.3 Å². The maximum Gasteiger partial charge on any atom is 0.0753 e. The molecule has 3 aliphatic carbocycles. The lowest BCUT2D eigenvalue weighted by Gasteiger charge is -2.65. The van der Waals surface area contributed by atoms with Crippen molar-refractivity contribution in [2.45, 2.75) is 38.7 Å². The monoisotopic (exact) mass is 170 g/mol. The molecule has 0 spiro atoms. The topological polar surface area (TPSA) is 40.5 Å². The average Bonchev–Trinajstić information content (AvgIpc) is 2.04. The van der Waals surface area contributed by atoms with Crippen molar-refractivity contribution >= 4 is 0 Å². The lowest BCUT2D eigenvalue weighted by atomic mass is 9.43. The maximum absolute atomic E-state index is 10.3. The third-order valence-electron chi connectivity index (χ3n) is 4.45. The van der Waals surface area contributed by atoms with Crippen LogP contribution in [0.1, 0.15) is 33.1 Å². The number of hydrogen-bond acceptors (Lipinski definition) is 2. The van der Waals surface area contributed by atoms with E-state index in [0.717, 1.165) is 12.8 Å². The van der Waals surface area contributed by atoms with Crippen molar-refractivity contribution in [3.8, 4) is 0 Å². The van der Waals surface area contributed by atoms with E-state index in [2.05, 4.69) is 13.8 Å². The summed E-state index contributed by atoms with van der Waals surface area (Å²) in [5, 5.41) is 19.4. The Labute approximate surface area is 73.6 Å². The Balaban J connectivity index is 2.24. The molecular formula is C10H18O2. The second-order valence-corrected chi connectivity index (χ2v) is 5.00. The standard InChI is InChI=1S/C10H18O2/c1-9(2)7-3-4-8(6-11)10(9,12)5-7/h7-8,11-12H,3-6H2,1-2H3/t7-,8?,10-/m0/s1. The molecule has 3 saturated carbocycles. The summed E-state index contributed by atoms with van der Waals surface area (Å²) in [6.45, 7) is 4.40. The van der Waals surface area contributed by atoms with Gasteiger partial charge in [-0.2, -0.15) is 0 Å². The van der Waals surface area contributed by atoms with Crippen LogP contribution >= 0.6 is 0 Å². The van der Waals surface area contributed by atoms with Crippen molar-refractivity contribution in [1.29, 1.82) is 0 Å². The Hall–Kier alpha value is -0.0800. The van der Waals surface area contributed by atoms with E-state index in [4.69, 9.17) is 5.11 Å². The van der Waals surface area contributed by atoms with Gasteiger partial charge in [-0.05, 0) is 30.6 Å². The summed E-state index contributed by atoms with van der Waals surface area (Å²) in [4.78, 5) is 0. The Bertz CT molecular complexity index is 200. The average molecular weight is 170 g/mol. The second kappa shape index (κ2) is 2.24. The molecule has 0 saturated heterocycles. The van der Waals surface area contributed by atoms with Gasteiger partial charge in [0.05, 0.1) is 5.60 Å². The van der Waals surface area contributed by atoms with Gasteiger partial charge in [-0.25, -0.2) is 0 Å². The molecule has 2 heteroatoms. The molecule has 0 aromatic rings. The second-order valence-electron chi connectivity index (χ2n) is 5.00. The normalized spacial score (nSPS) is 50.0. The highest BCUT2D eigenvalue weighted by Crippen LogP contribution is 2.63. The maximum atomic E-state index is 10.3. The zero-order valence-corrected chi connectivity index (χ0v) is 7.88. The lowest BCUT2D eigenvalue weighted by Crippen LogP contribution is -2.68. The number of aliphatic hydroxyl groups is 2. The number of fused-ring (bicyclic) bond motifs is 2. The molecule has 2 nitrogen and oxygen atoms in total. The SMILES string of the molecule is CC1(C)[C@H]2CCC(CO)[C@@]1(O)C2. The van der Waals surface area contributed by atoms with Crippen LogP contribution in [0.2, 0.25) is 0 Å². The van der Waals surface area contributed by atoms with Gasteiger partial charge in [0.25, 0.3) is 0 Å². The van der Waals surface area contributed by atoms with Gasteiger partial charge in [-0.15, -0.1) is 0 Å². The minimum atomic E-state index is -0.565. The summed E-state index contributed by atoms with van der Waals surface area (Å²) in [5.41, 5.74) is -0.524. The number of rotatable bonds is 1. The third kappa shape index (κ3) is 0.728. The minimum Gasteiger partial charge on any atom is -0.396 e. The van der Waals surface area contributed by atoms with Crippen LogP contribution in [0.3, 0.4) is 0 Å². The van der Waals surface area contributed by atoms with Gasteiger partial charge in [0, 0.05) is 12.5 Å². The first-order chi connectivity index (χ1) is 5.52. The van der Waals surface area contributed by atoms with Crippen LogP contribution < -0.4 is 0 Å². The van der Waals surface area contributed by atoms with E-state index in [1.54, 1.807) is 0 Å². The lowest BCUT2D eigenvalue weighted by molar-refractivity contribution is -0.261. The predicted molar refractivity (Wildman–Crippen MR) is 46.6 cm³/mol. The van der Waals surface area contributed by atoms with Crippen LogP contribution in [0.15, 0.2) is 0 Å². The van der Waals surface area contributed by atoms with E-state index in [-0.39, 0.29) is 17.9 Å². The molecule has 2 bridgehead atoms. The van der Waals surface area contributed by atoms with Crippen molar-refractivity contribution in [2.24, 2.45) is 17.3 Å². The van der Waals surface area contributed by atoms with E-state index < -0.39 is 5.60 Å². The summed E-state index contributed by atoms with van der Waals surface area (Å²) in [6.07, 6.45) is 3.09. The zero-order chi connectivity index (χ0) is 8.98. The fraction of sp³-hybridized carbons (Fsp3) is 1.00. The molecule has 0 heterocycles. The van der Waals surface area contributed by atoms with E-state index in [0.29, 0.717) is 5.92 Å². The van der Waals surface area contributed by atoms with E-state index in [9.17, 15) is 5.11 Å². The highest BCUT2D eigenvalue weighted by molar-refractivity contribution is 5.14. The number of aliphatic hydroxyl groups excluding tert-OH is 1. The molecule has 2 N–H and O–H groups in total. The first-order valence-electron chi connectivity index (χ1n) is 4.85. The Morgan fingerprint density at radius 1 is 1.33 bits per heavy atom. The summed E-state index contributed by atoms with van der Waals surface area (Å²) >= 11 is 0. The fourth-order valence-corrected chi connectivity index (χ4v) is 3.16. The quantitative estimate of drug-likeness (QED) is 0.620. The highest BCUT2D eigenvalue weighted by Gasteiger charge is 2.64. The molecule has 12 heavy (non-hydrogen) atoms. The predicted octanol–water partition coefficient (Wildman–Crippen LogP) is 1.17. The van der Waals surface area contributed by atoms with Gasteiger partial charge in [0.2, 0.25) is 0 Å². The van der Waals surface area contributed by atoms with E-state index in [1.165, 1.54) is 6.42 Å². The first kappa shape index (κ1) is 8.52. The van der Waals surface area contributed by atoms with Crippen molar-refractivity contribution in [1.82, 2.24) is 0 Å². The summed E-state index contributed by atoms with van der Waals surface area (Å²) in [5.74, 6) is 0.808. The molecule has 3 fully saturated rings. The summed E-state index contributed by atoms with van der Waals surface area (Å²) in [6, 6.07) is 0. The first-order valence-corrected chi connectivity index (χ1v) is 4.85. The largest absolute Gasteiger partial charge is 0.396 e. The molecule has 70 valence electrons. The zero-order valence-electron chi connectivity index (χ0n) is 7.88. The molecule has 0 radical (unpaired) electrons. The van der Waals surface area contributed by atoms with Crippen molar-refractivity contribution < 1.29 is 10.2 Å². The molecule has 0 aromatic carbocycles. The summed E-state index contributed by atoms with van der Waals surface area (Å²) in [7, 11) is 0. The van der Waals surface area contributed by atoms with Crippen LogP contribution in [0.5, 0.6) is 0 Å². The van der Waals surface area contributed by atoms with Gasteiger partial charge in [0.1, 0.15) is 0 Å². The molecule has 1 unspecified atom stereocenters. The van der Waals surface area contributed by atoms with Gasteiger partial charge < -0.3 is 10.2 Å². The van der Waals surface area contributed by atoms with Gasteiger partial charge in [0.15, 0.2) is 0 Å². The van der Waals surface area contributed by atoms with Crippen LogP contribution in [0.4, 0.5) is 0 Å². The molecule has 3 rings (SSSR count). The molecule has 3 aliphatic rings. The van der Waals surface area contributed by atoms with Crippen LogP contribution in [-0.2, 0) is 0 Å². The smallest absolute Gasteiger partial charge is 0.0753 e. The number of hydrogen-bond donors (Lipinski definition) is 2. The minimum absolute atomic E-state index is 0.0403. The van der Waals surface area contributed by atoms with Crippen LogP contribution in [0.25, 0.3) is 0 Å². The van der Waals surface area contributed by atoms with Gasteiger partial charge >= 0.3 is 0 Å². The van der Waals surface area contributed by atoms with Gasteiger partial charge in [-0.1, -0.05) is 13.8 Å². The van der Waals surface area contributed by atoms with Crippen molar-refractivity contribution in [3.05, 3.63) is 0 Å². The Morgan fingerprint density at radius 3 is 2.42 bits per heavy atom. The Morgan fingerprint density at radius 2 is 2.00 bits per heavy atom. The molecule has 3 atom stereocenters. The molecule has 0 aliphatic heterocycles. The summed E-state index contributed by atoms with van der Waals surface area (Å²) < 4.78 is 0. The van der Waals surface area contributed by atoms with Crippen molar-refractivity contribution in [3.63, 3.8) is 0 Å². The third-order valence-corrected chi connectivity index (χ3v) is 4.45. The molecule has 0 amide bonds. The fourth-order valence-electron chi connectivity index (χ4n) is 3.16.